The van der Waals surface area contributed by atoms with Gasteiger partial charge in [0, 0.05) is 35.2 Å². The van der Waals surface area contributed by atoms with Crippen LogP contribution in [0, 0.1) is 5.92 Å². The summed E-state index contributed by atoms with van der Waals surface area (Å²) in [4.78, 5) is 27.6. The lowest BCUT2D eigenvalue weighted by Gasteiger charge is -2.09. The molecule has 2 aromatic rings. The van der Waals surface area contributed by atoms with Crippen molar-refractivity contribution in [1.82, 2.24) is 4.98 Å². The number of ether oxygens (including phenoxy) is 2. The highest BCUT2D eigenvalue weighted by atomic mass is 32.1. The second-order valence-electron chi connectivity index (χ2n) is 5.63. The van der Waals surface area contributed by atoms with Crippen LogP contribution in [-0.4, -0.2) is 36.7 Å². The molecule has 1 unspecified atom stereocenters. The first-order valence-corrected chi connectivity index (χ1v) is 8.51. The van der Waals surface area contributed by atoms with Crippen molar-refractivity contribution in [3.05, 3.63) is 30.0 Å². The molecule has 132 valence electrons. The molecule has 1 atom stereocenters. The molecular weight excluding hydrogens is 344 g/mol. The van der Waals surface area contributed by atoms with Crippen LogP contribution >= 0.6 is 11.3 Å². The van der Waals surface area contributed by atoms with Crippen LogP contribution < -0.4 is 21.5 Å². The number of nitrogens with zero attached hydrogens (tertiary/aromatic N) is 1. The standard InChI is InChI=1S/C16H18N4O4S/c17-14(21)11-5-12(25-15(11)20-16(18)22)10-1-2-13(19-6-10)24-8-9-3-4-23-7-9/h1-2,5-6,9H,3-4,7-8H2,(H2,17,21)(H3,18,20,22). The van der Waals surface area contributed by atoms with Crippen molar-refractivity contribution in [1.29, 1.82) is 0 Å². The number of aromatic nitrogens is 1. The zero-order valence-electron chi connectivity index (χ0n) is 13.4. The van der Waals surface area contributed by atoms with Gasteiger partial charge in [-0.05, 0) is 18.6 Å². The van der Waals surface area contributed by atoms with Crippen LogP contribution in [0.25, 0.3) is 10.4 Å². The van der Waals surface area contributed by atoms with Gasteiger partial charge in [0.2, 0.25) is 5.88 Å². The van der Waals surface area contributed by atoms with Crippen molar-refractivity contribution < 1.29 is 19.1 Å². The first-order valence-electron chi connectivity index (χ1n) is 7.70. The lowest BCUT2D eigenvalue weighted by atomic mass is 10.1. The molecule has 1 aliphatic heterocycles. The largest absolute Gasteiger partial charge is 0.477 e. The van der Waals surface area contributed by atoms with Gasteiger partial charge < -0.3 is 20.9 Å². The third-order valence-corrected chi connectivity index (χ3v) is 4.85. The summed E-state index contributed by atoms with van der Waals surface area (Å²) in [5.41, 5.74) is 11.4. The number of nitrogens with one attached hydrogen (secondary N) is 1. The maximum atomic E-state index is 11.5. The minimum atomic E-state index is -0.756. The highest BCUT2D eigenvalue weighted by Gasteiger charge is 2.18. The Morgan fingerprint density at radius 3 is 2.84 bits per heavy atom. The molecule has 8 nitrogen and oxygen atoms in total. The summed E-state index contributed by atoms with van der Waals surface area (Å²) in [6.45, 7) is 2.07. The van der Waals surface area contributed by atoms with Gasteiger partial charge >= 0.3 is 6.03 Å². The van der Waals surface area contributed by atoms with Crippen molar-refractivity contribution in [3.63, 3.8) is 0 Å². The Balaban J connectivity index is 1.72. The molecule has 5 N–H and O–H groups in total. The predicted molar refractivity (Wildman–Crippen MR) is 93.7 cm³/mol. The monoisotopic (exact) mass is 362 g/mol. The van der Waals surface area contributed by atoms with E-state index in [9.17, 15) is 9.59 Å². The topological polar surface area (TPSA) is 130 Å². The summed E-state index contributed by atoms with van der Waals surface area (Å²) in [6, 6.07) is 4.44. The van der Waals surface area contributed by atoms with E-state index in [0.717, 1.165) is 30.1 Å². The molecule has 3 rings (SSSR count). The predicted octanol–water partition coefficient (Wildman–Crippen LogP) is 1.81. The Morgan fingerprint density at radius 1 is 1.40 bits per heavy atom. The Hall–Kier alpha value is -2.65. The van der Waals surface area contributed by atoms with Gasteiger partial charge in [0.05, 0.1) is 18.8 Å². The van der Waals surface area contributed by atoms with E-state index in [-0.39, 0.29) is 5.56 Å². The number of hydrogen-bond acceptors (Lipinski definition) is 6. The van der Waals surface area contributed by atoms with E-state index in [2.05, 4.69) is 10.3 Å². The number of anilines is 1. The molecule has 2 aromatic heterocycles. The van der Waals surface area contributed by atoms with Crippen LogP contribution in [0.15, 0.2) is 24.4 Å². The number of carbonyl (C=O) groups excluding carboxylic acids is 2. The highest BCUT2D eigenvalue weighted by Crippen LogP contribution is 2.35. The van der Waals surface area contributed by atoms with E-state index in [1.54, 1.807) is 18.3 Å². The maximum absolute atomic E-state index is 11.5. The fourth-order valence-electron chi connectivity index (χ4n) is 2.45. The number of nitrogens with two attached hydrogens (primary N) is 2. The van der Waals surface area contributed by atoms with E-state index in [1.165, 1.54) is 11.3 Å². The van der Waals surface area contributed by atoms with Crippen molar-refractivity contribution in [2.45, 2.75) is 6.42 Å². The van der Waals surface area contributed by atoms with E-state index in [4.69, 9.17) is 20.9 Å². The van der Waals surface area contributed by atoms with E-state index in [1.807, 2.05) is 6.07 Å². The van der Waals surface area contributed by atoms with Crippen molar-refractivity contribution >= 4 is 28.3 Å². The second-order valence-corrected chi connectivity index (χ2v) is 6.68. The zero-order valence-corrected chi connectivity index (χ0v) is 14.2. The number of hydrogen-bond donors (Lipinski definition) is 3. The lowest BCUT2D eigenvalue weighted by Crippen LogP contribution is -2.21. The van der Waals surface area contributed by atoms with Crippen molar-refractivity contribution in [2.75, 3.05) is 25.1 Å². The smallest absolute Gasteiger partial charge is 0.317 e. The summed E-state index contributed by atoms with van der Waals surface area (Å²) >= 11 is 1.20. The molecule has 0 radical (unpaired) electrons. The summed E-state index contributed by atoms with van der Waals surface area (Å²) in [5.74, 6) is 0.287. The first-order chi connectivity index (χ1) is 12.0. The van der Waals surface area contributed by atoms with Gasteiger partial charge in [0.1, 0.15) is 5.00 Å². The molecule has 1 aliphatic rings. The number of carbonyl (C=O) groups is 2. The lowest BCUT2D eigenvalue weighted by molar-refractivity contribution is 0.100. The fourth-order valence-corrected chi connectivity index (χ4v) is 3.51. The molecule has 3 heterocycles. The molecule has 25 heavy (non-hydrogen) atoms. The summed E-state index contributed by atoms with van der Waals surface area (Å²) < 4.78 is 11.0. The van der Waals surface area contributed by atoms with Gasteiger partial charge in [-0.3, -0.25) is 10.1 Å². The average Bonchev–Trinajstić information content (AvgIpc) is 3.22. The van der Waals surface area contributed by atoms with Crippen LogP contribution in [-0.2, 0) is 4.74 Å². The molecule has 0 aromatic carbocycles. The fraction of sp³-hybridized carbons (Fsp3) is 0.312. The molecule has 0 bridgehead atoms. The van der Waals surface area contributed by atoms with Crippen LogP contribution in [0.3, 0.4) is 0 Å². The summed E-state index contributed by atoms with van der Waals surface area (Å²) in [7, 11) is 0. The highest BCUT2D eigenvalue weighted by molar-refractivity contribution is 7.20. The Bertz CT molecular complexity index is 769. The molecule has 1 saturated heterocycles. The molecule has 1 fully saturated rings. The zero-order chi connectivity index (χ0) is 17.8. The van der Waals surface area contributed by atoms with E-state index < -0.39 is 11.9 Å². The molecule has 0 saturated carbocycles. The van der Waals surface area contributed by atoms with Crippen molar-refractivity contribution in [3.8, 4) is 16.3 Å². The third-order valence-electron chi connectivity index (χ3n) is 3.75. The molecular formula is C16H18N4O4S. The molecule has 9 heteroatoms. The normalized spacial score (nSPS) is 16.6. The van der Waals surface area contributed by atoms with Crippen LogP contribution in [0.4, 0.5) is 9.80 Å². The van der Waals surface area contributed by atoms with Crippen LogP contribution in [0.1, 0.15) is 16.8 Å². The Kier molecular flexibility index (Phi) is 5.15. The summed E-state index contributed by atoms with van der Waals surface area (Å²) in [5, 5.41) is 2.72. The Morgan fingerprint density at radius 2 is 2.24 bits per heavy atom. The van der Waals surface area contributed by atoms with Gasteiger partial charge in [-0.1, -0.05) is 0 Å². The number of primary amides is 2. The maximum Gasteiger partial charge on any atom is 0.317 e. The minimum Gasteiger partial charge on any atom is -0.477 e. The minimum absolute atomic E-state index is 0.209. The molecule has 0 aliphatic carbocycles. The molecule has 3 amide bonds. The number of urea groups is 1. The number of rotatable bonds is 6. The quantitative estimate of drug-likeness (QED) is 0.721. The molecule has 0 spiro atoms. The van der Waals surface area contributed by atoms with Gasteiger partial charge in [0.25, 0.3) is 5.91 Å². The van der Waals surface area contributed by atoms with E-state index >= 15 is 0 Å². The first kappa shape index (κ1) is 17.2. The number of pyridine rings is 1. The second kappa shape index (κ2) is 7.49. The van der Waals surface area contributed by atoms with Crippen LogP contribution in [0.2, 0.25) is 0 Å². The number of thiophene rings is 1. The number of amides is 3. The third kappa shape index (κ3) is 4.25. The van der Waals surface area contributed by atoms with Gasteiger partial charge in [0.15, 0.2) is 0 Å². The van der Waals surface area contributed by atoms with Gasteiger partial charge in [-0.25, -0.2) is 9.78 Å². The van der Waals surface area contributed by atoms with Crippen molar-refractivity contribution in [2.24, 2.45) is 17.4 Å². The van der Waals surface area contributed by atoms with E-state index in [0.29, 0.717) is 23.4 Å². The average molecular weight is 362 g/mol. The summed E-state index contributed by atoms with van der Waals surface area (Å²) in [6.07, 6.45) is 2.64. The SMILES string of the molecule is NC(=O)Nc1sc(-c2ccc(OCC3CCOC3)nc2)cc1C(N)=O. The van der Waals surface area contributed by atoms with Gasteiger partial charge in [-0.2, -0.15) is 0 Å². The van der Waals surface area contributed by atoms with Gasteiger partial charge in [-0.15, -0.1) is 11.3 Å². The Labute approximate surface area is 148 Å². The van der Waals surface area contributed by atoms with Crippen LogP contribution in [0.5, 0.6) is 5.88 Å².